The van der Waals surface area contributed by atoms with Crippen LogP contribution in [-0.2, 0) is 17.6 Å². The molecule has 2 aromatic rings. The number of hydrogen-bond acceptors (Lipinski definition) is 5. The predicted molar refractivity (Wildman–Crippen MR) is 102 cm³/mol. The van der Waals surface area contributed by atoms with Crippen molar-refractivity contribution >= 4 is 11.7 Å². The van der Waals surface area contributed by atoms with Gasteiger partial charge in [0.15, 0.2) is 6.61 Å². The molecule has 0 atom stereocenters. The third kappa shape index (κ3) is 3.72. The Labute approximate surface area is 159 Å². The van der Waals surface area contributed by atoms with Gasteiger partial charge in [0.05, 0.1) is 5.56 Å². The number of pyridine rings is 1. The van der Waals surface area contributed by atoms with Crippen LogP contribution in [-0.4, -0.2) is 48.6 Å². The minimum atomic E-state index is -0.00308. The molecule has 6 heteroatoms. The molecule has 1 saturated heterocycles. The number of nitrogens with zero attached hydrogens (tertiary/aromatic N) is 4. The van der Waals surface area contributed by atoms with Gasteiger partial charge in [0.25, 0.3) is 5.91 Å². The Bertz CT molecular complexity index is 882. The maximum absolute atomic E-state index is 12.5. The van der Waals surface area contributed by atoms with Crippen molar-refractivity contribution in [2.45, 2.75) is 19.3 Å². The molecule has 0 N–H and O–H groups in total. The van der Waals surface area contributed by atoms with Crippen molar-refractivity contribution in [3.63, 3.8) is 0 Å². The van der Waals surface area contributed by atoms with Gasteiger partial charge in [-0.3, -0.25) is 4.79 Å². The number of fused-ring (bicyclic) bond motifs is 1. The van der Waals surface area contributed by atoms with E-state index >= 15 is 0 Å². The van der Waals surface area contributed by atoms with Crippen molar-refractivity contribution < 1.29 is 9.53 Å². The molecule has 4 rings (SSSR count). The molecule has 0 bridgehead atoms. The quantitative estimate of drug-likeness (QED) is 0.834. The second kappa shape index (κ2) is 7.67. The number of carbonyl (C=O) groups excluding carboxylic acids is 1. The molecule has 1 fully saturated rings. The molecule has 1 aliphatic heterocycles. The van der Waals surface area contributed by atoms with Gasteiger partial charge in [0.2, 0.25) is 0 Å². The number of hydrogen-bond donors (Lipinski definition) is 0. The summed E-state index contributed by atoms with van der Waals surface area (Å²) >= 11 is 0. The Kier molecular flexibility index (Phi) is 4.93. The molecule has 1 aromatic carbocycles. The first-order valence-corrected chi connectivity index (χ1v) is 9.37. The van der Waals surface area contributed by atoms with E-state index < -0.39 is 0 Å². The summed E-state index contributed by atoms with van der Waals surface area (Å²) in [4.78, 5) is 20.7. The smallest absolute Gasteiger partial charge is 0.260 e. The molecular weight excluding hydrogens is 340 g/mol. The Morgan fingerprint density at radius 2 is 1.96 bits per heavy atom. The van der Waals surface area contributed by atoms with Gasteiger partial charge in [-0.25, -0.2) is 4.98 Å². The lowest BCUT2D eigenvalue weighted by molar-refractivity contribution is -0.133. The maximum Gasteiger partial charge on any atom is 0.260 e. The van der Waals surface area contributed by atoms with E-state index in [0.29, 0.717) is 37.6 Å². The van der Waals surface area contributed by atoms with Crippen LogP contribution in [0.4, 0.5) is 5.82 Å². The second-order valence-corrected chi connectivity index (χ2v) is 6.93. The van der Waals surface area contributed by atoms with Crippen molar-refractivity contribution in [1.29, 1.82) is 5.26 Å². The zero-order valence-corrected chi connectivity index (χ0v) is 15.2. The normalized spacial score (nSPS) is 16.0. The number of aryl methyl sites for hydroxylation is 2. The van der Waals surface area contributed by atoms with E-state index in [1.54, 1.807) is 18.3 Å². The maximum atomic E-state index is 12.5. The summed E-state index contributed by atoms with van der Waals surface area (Å²) in [6.45, 7) is 2.60. The summed E-state index contributed by atoms with van der Waals surface area (Å²) in [5, 5.41) is 9.23. The SMILES string of the molecule is N#Cc1cccnc1N1CCN(C(=O)COc2ccc3c(c2)CCC3)CC1. The van der Waals surface area contributed by atoms with Gasteiger partial charge < -0.3 is 14.5 Å². The lowest BCUT2D eigenvalue weighted by atomic mass is 10.1. The molecule has 2 aliphatic rings. The molecule has 138 valence electrons. The Balaban J connectivity index is 1.30. The summed E-state index contributed by atoms with van der Waals surface area (Å²) in [7, 11) is 0. The highest BCUT2D eigenvalue weighted by atomic mass is 16.5. The Morgan fingerprint density at radius 1 is 1.15 bits per heavy atom. The molecule has 1 aliphatic carbocycles. The third-order valence-electron chi connectivity index (χ3n) is 5.27. The number of carbonyl (C=O) groups is 1. The molecule has 0 radical (unpaired) electrons. The number of nitriles is 1. The standard InChI is InChI=1S/C21H22N4O2/c22-14-18-5-2-8-23-21(18)25-11-9-24(10-12-25)20(26)15-27-19-7-6-16-3-1-4-17(16)13-19/h2,5-8,13H,1,3-4,9-12,15H2. The highest BCUT2D eigenvalue weighted by molar-refractivity contribution is 5.78. The third-order valence-corrected chi connectivity index (χ3v) is 5.27. The summed E-state index contributed by atoms with van der Waals surface area (Å²) in [6.07, 6.45) is 5.13. The second-order valence-electron chi connectivity index (χ2n) is 6.93. The van der Waals surface area contributed by atoms with Crippen LogP contribution in [0.2, 0.25) is 0 Å². The van der Waals surface area contributed by atoms with Crippen molar-refractivity contribution in [3.05, 3.63) is 53.2 Å². The molecule has 27 heavy (non-hydrogen) atoms. The van der Waals surface area contributed by atoms with E-state index in [1.165, 1.54) is 17.5 Å². The number of aromatic nitrogens is 1. The average molecular weight is 362 g/mol. The Morgan fingerprint density at radius 3 is 2.78 bits per heavy atom. The van der Waals surface area contributed by atoms with Crippen molar-refractivity contribution in [1.82, 2.24) is 9.88 Å². The number of benzene rings is 1. The van der Waals surface area contributed by atoms with E-state index in [1.807, 2.05) is 11.0 Å². The van der Waals surface area contributed by atoms with Gasteiger partial charge in [-0.2, -0.15) is 5.26 Å². The molecule has 1 amide bonds. The molecule has 0 unspecified atom stereocenters. The van der Waals surface area contributed by atoms with E-state index in [0.717, 1.165) is 18.6 Å². The zero-order valence-electron chi connectivity index (χ0n) is 15.2. The lowest BCUT2D eigenvalue weighted by Gasteiger charge is -2.35. The number of ether oxygens (including phenoxy) is 1. The van der Waals surface area contributed by atoms with Crippen molar-refractivity contribution in [3.8, 4) is 11.8 Å². The van der Waals surface area contributed by atoms with Gasteiger partial charge in [0, 0.05) is 32.4 Å². The Hall–Kier alpha value is -3.07. The van der Waals surface area contributed by atoms with Crippen LogP contribution < -0.4 is 9.64 Å². The average Bonchev–Trinajstić information content (AvgIpc) is 3.20. The fourth-order valence-corrected chi connectivity index (χ4v) is 3.78. The van der Waals surface area contributed by atoms with Gasteiger partial charge in [0.1, 0.15) is 17.6 Å². The highest BCUT2D eigenvalue weighted by Gasteiger charge is 2.23. The lowest BCUT2D eigenvalue weighted by Crippen LogP contribution is -2.50. The van der Waals surface area contributed by atoms with E-state index in [9.17, 15) is 10.1 Å². The summed E-state index contributed by atoms with van der Waals surface area (Å²) in [6, 6.07) is 11.8. The van der Waals surface area contributed by atoms with Crippen LogP contribution in [0, 0.1) is 11.3 Å². The molecule has 6 nitrogen and oxygen atoms in total. The zero-order chi connectivity index (χ0) is 18.6. The van der Waals surface area contributed by atoms with E-state index in [-0.39, 0.29) is 12.5 Å². The minimum absolute atomic E-state index is 0.00308. The molecule has 0 spiro atoms. The van der Waals surface area contributed by atoms with Crippen LogP contribution in [0.5, 0.6) is 5.75 Å². The first-order valence-electron chi connectivity index (χ1n) is 9.37. The van der Waals surface area contributed by atoms with E-state index in [2.05, 4.69) is 28.1 Å². The largest absolute Gasteiger partial charge is 0.484 e. The number of anilines is 1. The van der Waals surface area contributed by atoms with Crippen molar-refractivity contribution in [2.75, 3.05) is 37.7 Å². The first kappa shape index (κ1) is 17.3. The van der Waals surface area contributed by atoms with Gasteiger partial charge >= 0.3 is 0 Å². The van der Waals surface area contributed by atoms with E-state index in [4.69, 9.17) is 4.74 Å². The first-order chi connectivity index (χ1) is 13.2. The molecule has 0 saturated carbocycles. The number of piperazine rings is 1. The predicted octanol–water partition coefficient (Wildman–Crippen LogP) is 2.17. The summed E-state index contributed by atoms with van der Waals surface area (Å²) in [5.74, 6) is 1.47. The topological polar surface area (TPSA) is 69.5 Å². The van der Waals surface area contributed by atoms with Crippen LogP contribution in [0.25, 0.3) is 0 Å². The fourth-order valence-electron chi connectivity index (χ4n) is 3.78. The molecule has 1 aromatic heterocycles. The van der Waals surface area contributed by atoms with Gasteiger partial charge in [-0.05, 0) is 54.7 Å². The van der Waals surface area contributed by atoms with Gasteiger partial charge in [-0.1, -0.05) is 6.07 Å². The molecular formula is C21H22N4O2. The van der Waals surface area contributed by atoms with Crippen LogP contribution in [0.3, 0.4) is 0 Å². The minimum Gasteiger partial charge on any atom is -0.484 e. The number of amides is 1. The highest BCUT2D eigenvalue weighted by Crippen LogP contribution is 2.26. The van der Waals surface area contributed by atoms with Crippen LogP contribution in [0.15, 0.2) is 36.5 Å². The molecule has 2 heterocycles. The van der Waals surface area contributed by atoms with Crippen LogP contribution in [0.1, 0.15) is 23.1 Å². The van der Waals surface area contributed by atoms with Crippen molar-refractivity contribution in [2.24, 2.45) is 0 Å². The monoisotopic (exact) mass is 362 g/mol. The van der Waals surface area contributed by atoms with Crippen LogP contribution >= 0.6 is 0 Å². The fraction of sp³-hybridized carbons (Fsp3) is 0.381. The number of rotatable bonds is 4. The summed E-state index contributed by atoms with van der Waals surface area (Å²) < 4.78 is 5.73. The summed E-state index contributed by atoms with van der Waals surface area (Å²) in [5.41, 5.74) is 3.31. The van der Waals surface area contributed by atoms with Gasteiger partial charge in [-0.15, -0.1) is 0 Å².